The largest absolute Gasteiger partial charge is 0.634 e. The van der Waals surface area contributed by atoms with Gasteiger partial charge in [-0.15, -0.1) is 11.8 Å². The maximum absolute atomic E-state index is 11.7. The quantitative estimate of drug-likeness (QED) is 0.297. The molecule has 0 saturated carbocycles. The van der Waals surface area contributed by atoms with Crippen molar-refractivity contribution in [3.63, 3.8) is 0 Å². The van der Waals surface area contributed by atoms with Crippen molar-refractivity contribution in [1.82, 2.24) is 9.97 Å². The Morgan fingerprint density at radius 2 is 2.03 bits per heavy atom. The minimum atomic E-state index is -0.0376. The van der Waals surface area contributed by atoms with Crippen molar-refractivity contribution in [3.05, 3.63) is 22.7 Å². The molecule has 160 valence electrons. The van der Waals surface area contributed by atoms with E-state index >= 15 is 0 Å². The van der Waals surface area contributed by atoms with Gasteiger partial charge in [-0.3, -0.25) is 4.48 Å². The third kappa shape index (κ3) is 4.77. The highest BCUT2D eigenvalue weighted by molar-refractivity contribution is 7.99. The smallest absolute Gasteiger partial charge is 0.274 e. The number of thioether (sulfide) groups is 1. The molecule has 0 spiro atoms. The lowest BCUT2D eigenvalue weighted by Gasteiger charge is -2.40. The number of aromatic nitrogens is 2. The minimum Gasteiger partial charge on any atom is -0.634 e. The third-order valence-corrected chi connectivity index (χ3v) is 7.59. The van der Waals surface area contributed by atoms with E-state index in [0.717, 1.165) is 52.9 Å². The highest BCUT2D eigenvalue weighted by Crippen LogP contribution is 2.37. The summed E-state index contributed by atoms with van der Waals surface area (Å²) in [5.41, 5.74) is 4.27. The molecule has 0 bridgehead atoms. The summed E-state index contributed by atoms with van der Waals surface area (Å²) < 4.78 is 0.617. The molecule has 2 aromatic rings. The number of quaternary nitrogens is 2. The summed E-state index contributed by atoms with van der Waals surface area (Å²) in [6.07, 6.45) is 1.11. The van der Waals surface area contributed by atoms with Crippen molar-refractivity contribution in [2.45, 2.75) is 51.3 Å². The van der Waals surface area contributed by atoms with Crippen molar-refractivity contribution >= 4 is 45.8 Å². The number of fused-ring (bicyclic) bond motifs is 1. The first-order valence-corrected chi connectivity index (χ1v) is 11.8. The van der Waals surface area contributed by atoms with Gasteiger partial charge >= 0.3 is 0 Å². The molecule has 1 aliphatic rings. The number of hydroxylamine groups is 2. The van der Waals surface area contributed by atoms with Gasteiger partial charge in [0.15, 0.2) is 0 Å². The Kier molecular flexibility index (Phi) is 6.60. The van der Waals surface area contributed by atoms with E-state index in [4.69, 9.17) is 17.2 Å². The number of aryl methyl sites for hydroxylation is 1. The lowest BCUT2D eigenvalue weighted by atomic mass is 9.96. The molecular formula is C21H34N5OS2+. The summed E-state index contributed by atoms with van der Waals surface area (Å²) in [5, 5.41) is 16.4. The predicted molar refractivity (Wildman–Crippen MR) is 127 cm³/mol. The fraction of sp³-hybridized carbons (Fsp3) is 0.619. The van der Waals surface area contributed by atoms with Crippen molar-refractivity contribution in [2.24, 2.45) is 0 Å². The lowest BCUT2D eigenvalue weighted by Crippen LogP contribution is -3.11. The topological polar surface area (TPSA) is 68.2 Å². The summed E-state index contributed by atoms with van der Waals surface area (Å²) in [7, 11) is 2.12. The van der Waals surface area contributed by atoms with E-state index in [-0.39, 0.29) is 5.41 Å². The molecule has 0 radical (unpaired) electrons. The maximum Gasteiger partial charge on any atom is 0.274 e. The summed E-state index contributed by atoms with van der Waals surface area (Å²) in [5.74, 6) is 2.04. The minimum absolute atomic E-state index is 0.0376. The molecule has 1 aliphatic heterocycles. The first-order chi connectivity index (χ1) is 13.5. The van der Waals surface area contributed by atoms with E-state index in [2.05, 4.69) is 58.0 Å². The Hall–Kier alpha value is -1.19. The zero-order valence-electron chi connectivity index (χ0n) is 18.4. The molecule has 1 aromatic heterocycles. The summed E-state index contributed by atoms with van der Waals surface area (Å²) >= 11 is 7.68. The van der Waals surface area contributed by atoms with E-state index in [9.17, 15) is 5.21 Å². The molecule has 29 heavy (non-hydrogen) atoms. The number of nitrogens with one attached hydrogen (secondary N) is 3. The van der Waals surface area contributed by atoms with Gasteiger partial charge in [0, 0.05) is 22.5 Å². The van der Waals surface area contributed by atoms with Gasteiger partial charge in [-0.2, -0.15) is 0 Å². The van der Waals surface area contributed by atoms with Crippen LogP contribution in [0.5, 0.6) is 0 Å². The van der Waals surface area contributed by atoms with Crippen LogP contribution >= 0.6 is 24.0 Å². The maximum atomic E-state index is 11.7. The molecule has 1 fully saturated rings. The lowest BCUT2D eigenvalue weighted by molar-refractivity contribution is -0.950. The number of hydrogen-bond acceptors (Lipinski definition) is 4. The first-order valence-electron chi connectivity index (χ1n) is 10.4. The molecule has 1 aromatic carbocycles. The average molecular weight is 437 g/mol. The molecule has 1 saturated heterocycles. The number of H-pyrrole nitrogens is 1. The fourth-order valence-corrected chi connectivity index (χ4v) is 4.85. The number of likely N-dealkylation sites (N-methyl/N-ethyl adjacent to an activating group) is 1. The molecule has 0 unspecified atom stereocenters. The van der Waals surface area contributed by atoms with Gasteiger partial charge in [-0.05, 0) is 30.7 Å². The van der Waals surface area contributed by atoms with Crippen LogP contribution < -0.4 is 10.4 Å². The number of hydrogen-bond donors (Lipinski definition) is 3. The van der Waals surface area contributed by atoms with Crippen LogP contribution in [-0.2, 0) is 5.41 Å². The summed E-state index contributed by atoms with van der Waals surface area (Å²) in [4.78, 5) is 9.64. The van der Waals surface area contributed by atoms with Crippen molar-refractivity contribution in [2.75, 3.05) is 44.3 Å². The fourth-order valence-electron chi connectivity index (χ4n) is 3.57. The van der Waals surface area contributed by atoms with E-state index < -0.39 is 0 Å². The predicted octanol–water partition coefficient (Wildman–Crippen LogP) is 3.21. The second kappa shape index (κ2) is 8.51. The highest BCUT2D eigenvalue weighted by atomic mass is 32.2. The number of anilines is 1. The Labute approximate surface area is 183 Å². The Bertz CT molecular complexity index is 895. The van der Waals surface area contributed by atoms with Crippen LogP contribution in [0.25, 0.3) is 11.0 Å². The van der Waals surface area contributed by atoms with Gasteiger partial charge < -0.3 is 20.6 Å². The van der Waals surface area contributed by atoms with E-state index in [1.807, 2.05) is 11.8 Å². The third-order valence-electron chi connectivity index (χ3n) is 5.62. The first kappa shape index (κ1) is 22.5. The van der Waals surface area contributed by atoms with Crippen LogP contribution in [0.15, 0.2) is 11.0 Å². The van der Waals surface area contributed by atoms with E-state index in [1.165, 1.54) is 10.5 Å². The van der Waals surface area contributed by atoms with Crippen LogP contribution in [-0.4, -0.2) is 58.5 Å². The van der Waals surface area contributed by atoms with Crippen molar-refractivity contribution in [3.8, 4) is 0 Å². The van der Waals surface area contributed by atoms with Crippen LogP contribution in [0.1, 0.15) is 45.5 Å². The molecule has 3 N–H and O–H groups in total. The number of piperazine rings is 1. The number of nitrogens with zero attached hydrogens (tertiary/aromatic N) is 2. The zero-order chi connectivity index (χ0) is 21.4. The number of rotatable bonds is 4. The molecule has 0 aliphatic carbocycles. The van der Waals surface area contributed by atoms with Gasteiger partial charge in [-0.1, -0.05) is 27.7 Å². The Morgan fingerprint density at radius 1 is 1.38 bits per heavy atom. The molecule has 8 heteroatoms. The van der Waals surface area contributed by atoms with Gasteiger partial charge in [0.25, 0.3) is 5.11 Å². The summed E-state index contributed by atoms with van der Waals surface area (Å²) in [6, 6.07) is 2.15. The summed E-state index contributed by atoms with van der Waals surface area (Å²) in [6.45, 7) is 13.6. The van der Waals surface area contributed by atoms with Crippen LogP contribution in [0.2, 0.25) is 0 Å². The Morgan fingerprint density at radius 3 is 2.62 bits per heavy atom. The zero-order valence-corrected chi connectivity index (χ0v) is 20.1. The van der Waals surface area contributed by atoms with Gasteiger partial charge in [0.05, 0.1) is 23.8 Å². The average Bonchev–Trinajstić information content (AvgIpc) is 3.09. The number of benzene rings is 1. The van der Waals surface area contributed by atoms with Crippen LogP contribution in [0, 0.1) is 12.1 Å². The molecule has 0 atom stereocenters. The second-order valence-electron chi connectivity index (χ2n) is 9.27. The van der Waals surface area contributed by atoms with Gasteiger partial charge in [-0.25, -0.2) is 4.98 Å². The second-order valence-corrected chi connectivity index (χ2v) is 10.8. The molecule has 2 heterocycles. The Balaban J connectivity index is 1.99. The molecule has 0 amide bonds. The van der Waals surface area contributed by atoms with Crippen LogP contribution in [0.4, 0.5) is 5.69 Å². The monoisotopic (exact) mass is 436 g/mol. The van der Waals surface area contributed by atoms with E-state index in [0.29, 0.717) is 22.6 Å². The highest BCUT2D eigenvalue weighted by Gasteiger charge is 2.34. The standard InChI is InChI=1S/C21H33N5OS2/c1-7-12-29-18-14(2)17-15(22-19(24-17)21(3,4)5)13-16(18)23-20(28)26(6)10-8-25(27)9-11-26/h13,25H,7-12H2,1-6H3,(H-,22,23,24,28)/p+1. The van der Waals surface area contributed by atoms with Gasteiger partial charge in [0.1, 0.15) is 32.0 Å². The van der Waals surface area contributed by atoms with Crippen molar-refractivity contribution < 1.29 is 9.55 Å². The number of imidazole rings is 1. The molecular weight excluding hydrogens is 402 g/mol. The van der Waals surface area contributed by atoms with Gasteiger partial charge in [0.2, 0.25) is 0 Å². The van der Waals surface area contributed by atoms with Crippen LogP contribution in [0.3, 0.4) is 0 Å². The normalized spacial score (nSPS) is 22.8. The molecule has 3 rings (SSSR count). The number of thiocarbonyl (C=S) groups is 1. The SMILES string of the molecule is CCCSc1c(NC(=S)[N+]2(C)CC[NH+]([O-])CC2)cc2[nH]c(C(C)(C)C)nc2c1C. The number of aromatic amines is 1. The van der Waals surface area contributed by atoms with Crippen molar-refractivity contribution in [1.29, 1.82) is 0 Å². The molecule has 6 nitrogen and oxygen atoms in total. The van der Waals surface area contributed by atoms with E-state index in [1.54, 1.807) is 0 Å².